The molecule has 1 aliphatic heterocycles. The lowest BCUT2D eigenvalue weighted by Gasteiger charge is -2.24. The minimum atomic E-state index is 0.583. The highest BCUT2D eigenvalue weighted by Gasteiger charge is 2.49. The van der Waals surface area contributed by atoms with Crippen molar-refractivity contribution in [3.63, 3.8) is 0 Å². The van der Waals surface area contributed by atoms with Gasteiger partial charge in [-0.05, 0) is 23.7 Å². The number of ether oxygens (including phenoxy) is 1. The molecular formula is C9H16O. The van der Waals surface area contributed by atoms with Crippen LogP contribution in [0.3, 0.4) is 0 Å². The van der Waals surface area contributed by atoms with Gasteiger partial charge in [-0.25, -0.2) is 0 Å². The standard InChI is InChI=1S/C9H16O/c1-5-6(2)9-7(3)8(5)4-10-9/h5-9H,4H2,1-3H3/t5?,6?,7-,8-,9?/m1/s1. The lowest BCUT2D eigenvalue weighted by atomic mass is 9.90. The molecule has 0 aromatic rings. The van der Waals surface area contributed by atoms with Gasteiger partial charge in [-0.15, -0.1) is 0 Å². The second-order valence-corrected chi connectivity index (χ2v) is 4.04. The van der Waals surface area contributed by atoms with E-state index in [9.17, 15) is 0 Å². The van der Waals surface area contributed by atoms with Crippen molar-refractivity contribution in [3.05, 3.63) is 0 Å². The summed E-state index contributed by atoms with van der Waals surface area (Å²) in [6.45, 7) is 8.05. The molecule has 1 heterocycles. The molecule has 1 saturated carbocycles. The molecule has 2 aliphatic rings. The highest BCUT2D eigenvalue weighted by Crippen LogP contribution is 2.47. The highest BCUT2D eigenvalue weighted by molar-refractivity contribution is 4.96. The van der Waals surface area contributed by atoms with Gasteiger partial charge in [0.15, 0.2) is 0 Å². The first-order valence-electron chi connectivity index (χ1n) is 4.33. The molecule has 10 heavy (non-hydrogen) atoms. The van der Waals surface area contributed by atoms with E-state index in [0.717, 1.165) is 30.3 Å². The van der Waals surface area contributed by atoms with E-state index in [0.29, 0.717) is 6.10 Å². The maximum Gasteiger partial charge on any atom is 0.0632 e. The molecule has 0 amide bonds. The third kappa shape index (κ3) is 0.619. The Morgan fingerprint density at radius 3 is 2.00 bits per heavy atom. The van der Waals surface area contributed by atoms with E-state index in [4.69, 9.17) is 4.74 Å². The maximum absolute atomic E-state index is 5.65. The third-order valence-corrected chi connectivity index (χ3v) is 3.70. The lowest BCUT2D eigenvalue weighted by molar-refractivity contribution is 0.0112. The summed E-state index contributed by atoms with van der Waals surface area (Å²) >= 11 is 0. The molecule has 0 spiro atoms. The van der Waals surface area contributed by atoms with Crippen LogP contribution in [0.5, 0.6) is 0 Å². The van der Waals surface area contributed by atoms with Crippen molar-refractivity contribution in [1.82, 2.24) is 0 Å². The normalized spacial score (nSPS) is 59.7. The van der Waals surface area contributed by atoms with Crippen LogP contribution in [0.25, 0.3) is 0 Å². The van der Waals surface area contributed by atoms with Gasteiger partial charge in [-0.3, -0.25) is 0 Å². The fraction of sp³-hybridized carbons (Fsp3) is 1.00. The van der Waals surface area contributed by atoms with E-state index in [1.54, 1.807) is 0 Å². The summed E-state index contributed by atoms with van der Waals surface area (Å²) in [5, 5.41) is 0. The van der Waals surface area contributed by atoms with Crippen LogP contribution in [0.1, 0.15) is 20.8 Å². The van der Waals surface area contributed by atoms with E-state index < -0.39 is 0 Å². The smallest absolute Gasteiger partial charge is 0.0632 e. The van der Waals surface area contributed by atoms with Gasteiger partial charge in [0.1, 0.15) is 0 Å². The van der Waals surface area contributed by atoms with Crippen LogP contribution >= 0.6 is 0 Å². The molecule has 2 bridgehead atoms. The number of fused-ring (bicyclic) bond motifs is 2. The van der Waals surface area contributed by atoms with Crippen LogP contribution in [0.4, 0.5) is 0 Å². The van der Waals surface area contributed by atoms with Gasteiger partial charge >= 0.3 is 0 Å². The number of hydrogen-bond donors (Lipinski definition) is 0. The van der Waals surface area contributed by atoms with Crippen LogP contribution in [-0.2, 0) is 4.74 Å². The molecule has 3 unspecified atom stereocenters. The fourth-order valence-electron chi connectivity index (χ4n) is 2.72. The third-order valence-electron chi connectivity index (χ3n) is 3.70. The minimum absolute atomic E-state index is 0.583. The summed E-state index contributed by atoms with van der Waals surface area (Å²) < 4.78 is 5.65. The van der Waals surface area contributed by atoms with E-state index in [1.807, 2.05) is 0 Å². The molecule has 1 nitrogen and oxygen atoms in total. The van der Waals surface area contributed by atoms with Crippen molar-refractivity contribution in [2.75, 3.05) is 6.61 Å². The lowest BCUT2D eigenvalue weighted by Crippen LogP contribution is -2.24. The summed E-state index contributed by atoms with van der Waals surface area (Å²) in [6.07, 6.45) is 0.583. The zero-order chi connectivity index (χ0) is 7.30. The Hall–Kier alpha value is -0.0400. The first-order chi connectivity index (χ1) is 4.72. The fourth-order valence-corrected chi connectivity index (χ4v) is 2.72. The molecule has 2 fully saturated rings. The zero-order valence-corrected chi connectivity index (χ0v) is 7.00. The van der Waals surface area contributed by atoms with Crippen LogP contribution in [-0.4, -0.2) is 12.7 Å². The van der Waals surface area contributed by atoms with Crippen molar-refractivity contribution in [3.8, 4) is 0 Å². The van der Waals surface area contributed by atoms with Crippen molar-refractivity contribution >= 4 is 0 Å². The van der Waals surface area contributed by atoms with Crippen molar-refractivity contribution in [1.29, 1.82) is 0 Å². The highest BCUT2D eigenvalue weighted by atomic mass is 16.5. The SMILES string of the molecule is CC1C(C)[C@H]2COC1[C@@H]2C. The van der Waals surface area contributed by atoms with Gasteiger partial charge in [0, 0.05) is 0 Å². The Labute approximate surface area is 62.8 Å². The minimum Gasteiger partial charge on any atom is -0.377 e. The van der Waals surface area contributed by atoms with E-state index in [2.05, 4.69) is 20.8 Å². The summed E-state index contributed by atoms with van der Waals surface area (Å²) in [4.78, 5) is 0. The summed E-state index contributed by atoms with van der Waals surface area (Å²) in [6, 6.07) is 0. The Balaban J connectivity index is 2.21. The van der Waals surface area contributed by atoms with Gasteiger partial charge in [-0.2, -0.15) is 0 Å². The van der Waals surface area contributed by atoms with Crippen molar-refractivity contribution < 1.29 is 4.74 Å². The zero-order valence-electron chi connectivity index (χ0n) is 7.00. The van der Waals surface area contributed by atoms with E-state index in [-0.39, 0.29) is 0 Å². The van der Waals surface area contributed by atoms with Crippen LogP contribution in [0.2, 0.25) is 0 Å². The molecule has 0 N–H and O–H groups in total. The predicted molar refractivity (Wildman–Crippen MR) is 40.7 cm³/mol. The van der Waals surface area contributed by atoms with Gasteiger partial charge in [0.25, 0.3) is 0 Å². The van der Waals surface area contributed by atoms with Crippen LogP contribution in [0.15, 0.2) is 0 Å². The largest absolute Gasteiger partial charge is 0.377 e. The molecule has 0 aromatic carbocycles. The Morgan fingerprint density at radius 2 is 1.70 bits per heavy atom. The second kappa shape index (κ2) is 1.97. The van der Waals surface area contributed by atoms with Crippen LogP contribution < -0.4 is 0 Å². The van der Waals surface area contributed by atoms with E-state index in [1.165, 1.54) is 0 Å². The predicted octanol–water partition coefficient (Wildman–Crippen LogP) is 1.92. The molecule has 0 radical (unpaired) electrons. The van der Waals surface area contributed by atoms with Gasteiger partial charge < -0.3 is 4.74 Å². The van der Waals surface area contributed by atoms with Gasteiger partial charge in [0.05, 0.1) is 12.7 Å². The Kier molecular flexibility index (Phi) is 1.31. The summed E-state index contributed by atoms with van der Waals surface area (Å²) in [5.41, 5.74) is 0. The monoisotopic (exact) mass is 140 g/mol. The molecule has 58 valence electrons. The Bertz CT molecular complexity index is 120. The average molecular weight is 140 g/mol. The summed E-state index contributed by atoms with van der Waals surface area (Å²) in [5.74, 6) is 3.38. The van der Waals surface area contributed by atoms with Crippen LogP contribution in [0, 0.1) is 23.7 Å². The first-order valence-corrected chi connectivity index (χ1v) is 4.33. The van der Waals surface area contributed by atoms with Gasteiger partial charge in [-0.1, -0.05) is 20.8 Å². The number of hydrogen-bond acceptors (Lipinski definition) is 1. The first kappa shape index (κ1) is 6.66. The summed E-state index contributed by atoms with van der Waals surface area (Å²) in [7, 11) is 0. The number of rotatable bonds is 0. The topological polar surface area (TPSA) is 9.23 Å². The quantitative estimate of drug-likeness (QED) is 0.499. The molecular weight excluding hydrogens is 124 g/mol. The molecule has 1 saturated heterocycles. The Morgan fingerprint density at radius 1 is 1.00 bits per heavy atom. The molecule has 0 aromatic heterocycles. The second-order valence-electron chi connectivity index (χ2n) is 4.04. The van der Waals surface area contributed by atoms with E-state index >= 15 is 0 Å². The van der Waals surface area contributed by atoms with Gasteiger partial charge in [0.2, 0.25) is 0 Å². The molecule has 1 heteroatoms. The molecule has 2 rings (SSSR count). The maximum atomic E-state index is 5.65. The molecule has 5 atom stereocenters. The average Bonchev–Trinajstić information content (AvgIpc) is 2.34. The van der Waals surface area contributed by atoms with Crippen molar-refractivity contribution in [2.45, 2.75) is 26.9 Å². The van der Waals surface area contributed by atoms with Crippen molar-refractivity contribution in [2.24, 2.45) is 23.7 Å². The molecule has 1 aliphatic carbocycles.